The number of para-hydroxylation sites is 6. The first kappa shape index (κ1) is 72.7. The molecule has 0 spiro atoms. The zero-order chi connectivity index (χ0) is 84.0. The molecule has 4 heterocycles. The summed E-state index contributed by atoms with van der Waals surface area (Å²) in [6.45, 7) is 0. The highest BCUT2D eigenvalue weighted by Gasteiger charge is 2.25. The Morgan fingerprint density at radius 3 is 0.797 bits per heavy atom. The Morgan fingerprint density at radius 1 is 0.109 bits per heavy atom. The van der Waals surface area contributed by atoms with Crippen LogP contribution in [0.2, 0.25) is 0 Å². The molecule has 0 saturated heterocycles. The zero-order valence-corrected chi connectivity index (χ0v) is 69.8. The summed E-state index contributed by atoms with van der Waals surface area (Å²) in [4.78, 5) is 0. The maximum atomic E-state index is 2.41. The molecule has 0 radical (unpaired) electrons. The average molecular weight is 1620 g/mol. The number of nitrogens with zero attached hydrogens (tertiary/aromatic N) is 4. The third kappa shape index (κ3) is 11.7. The predicted octanol–water partition coefficient (Wildman–Crippen LogP) is 33.7. The summed E-state index contributed by atoms with van der Waals surface area (Å²) in [6.07, 6.45) is 0. The minimum absolute atomic E-state index is 1.15. The fraction of sp³-hybridized carbons (Fsp3) is 0. The van der Waals surface area contributed by atoms with Gasteiger partial charge in [0.05, 0.1) is 44.1 Å². The topological polar surface area (TPSA) is 19.7 Å². The molecule has 1 aliphatic carbocycles. The Bertz CT molecular complexity index is 8970. The van der Waals surface area contributed by atoms with Gasteiger partial charge in [0.1, 0.15) is 0 Å². The molecule has 4 heteroatoms. The second-order valence-corrected chi connectivity index (χ2v) is 34.1. The summed E-state index contributed by atoms with van der Waals surface area (Å²) < 4.78 is 9.57. The molecule has 0 unspecified atom stereocenters. The van der Waals surface area contributed by atoms with Gasteiger partial charge in [0.15, 0.2) is 0 Å². The molecular weight excluding hydrogens is 1550 g/mol. The van der Waals surface area contributed by atoms with Gasteiger partial charge in [0.2, 0.25) is 0 Å². The van der Waals surface area contributed by atoms with E-state index in [1.165, 1.54) is 242 Å². The highest BCUT2D eigenvalue weighted by molar-refractivity contribution is 6.24. The van der Waals surface area contributed by atoms with E-state index in [0.717, 1.165) is 11.4 Å². The van der Waals surface area contributed by atoms with Gasteiger partial charge in [-0.2, -0.15) is 0 Å². The van der Waals surface area contributed by atoms with Crippen molar-refractivity contribution in [3.8, 4) is 123 Å². The van der Waals surface area contributed by atoms with Crippen molar-refractivity contribution in [2.24, 2.45) is 0 Å². The van der Waals surface area contributed by atoms with Crippen molar-refractivity contribution in [3.05, 3.63) is 473 Å². The Hall–Kier alpha value is -16.9. The first-order chi connectivity index (χ1) is 63.5. The Balaban J connectivity index is 0.000000136. The molecule has 0 amide bonds. The largest absolute Gasteiger partial charge is 0.309 e. The molecular formula is C124H78N4. The number of benzene rings is 22. The van der Waals surface area contributed by atoms with Gasteiger partial charge in [0.25, 0.3) is 0 Å². The zero-order valence-electron chi connectivity index (χ0n) is 69.8. The summed E-state index contributed by atoms with van der Waals surface area (Å²) in [7, 11) is 0. The summed E-state index contributed by atoms with van der Waals surface area (Å²) in [6, 6.07) is 174. The van der Waals surface area contributed by atoms with Crippen LogP contribution in [0.1, 0.15) is 0 Å². The highest BCUT2D eigenvalue weighted by atomic mass is 15.0. The van der Waals surface area contributed by atoms with Crippen LogP contribution in [0.15, 0.2) is 473 Å². The first-order valence-corrected chi connectivity index (χ1v) is 44.2. The minimum Gasteiger partial charge on any atom is -0.309 e. The van der Waals surface area contributed by atoms with E-state index in [1.807, 2.05) is 0 Å². The average Bonchev–Trinajstić information content (AvgIpc) is 1.65. The maximum absolute atomic E-state index is 2.41. The van der Waals surface area contributed by atoms with Crippen molar-refractivity contribution in [2.75, 3.05) is 0 Å². The molecule has 26 aromatic rings. The molecule has 4 nitrogen and oxygen atoms in total. The second kappa shape index (κ2) is 29.4. The van der Waals surface area contributed by atoms with Crippen LogP contribution in [0.5, 0.6) is 0 Å². The molecule has 0 aliphatic heterocycles. The monoisotopic (exact) mass is 1620 g/mol. The highest BCUT2D eigenvalue weighted by Crippen LogP contribution is 2.51. The fourth-order valence-corrected chi connectivity index (χ4v) is 21.2. The van der Waals surface area contributed by atoms with Crippen molar-refractivity contribution in [1.29, 1.82) is 0 Å². The molecule has 0 atom stereocenters. The number of hydrogen-bond donors (Lipinski definition) is 0. The molecule has 22 aromatic carbocycles. The minimum atomic E-state index is 1.15. The molecule has 0 N–H and O–H groups in total. The lowest BCUT2D eigenvalue weighted by Gasteiger charge is -2.14. The van der Waals surface area contributed by atoms with Gasteiger partial charge in [-0.3, -0.25) is 0 Å². The Labute approximate surface area is 739 Å². The van der Waals surface area contributed by atoms with Gasteiger partial charge in [-0.15, -0.1) is 0 Å². The molecule has 128 heavy (non-hydrogen) atoms. The van der Waals surface area contributed by atoms with Gasteiger partial charge in [-0.1, -0.05) is 346 Å². The third-order valence-electron chi connectivity index (χ3n) is 27.2. The quantitative estimate of drug-likeness (QED) is 0.115. The van der Waals surface area contributed by atoms with Gasteiger partial charge in [-0.05, 0) is 271 Å². The van der Waals surface area contributed by atoms with Gasteiger partial charge in [0, 0.05) is 65.8 Å². The smallest absolute Gasteiger partial charge is 0.0541 e. The fourth-order valence-electron chi connectivity index (χ4n) is 21.2. The van der Waals surface area contributed by atoms with Crippen molar-refractivity contribution in [1.82, 2.24) is 18.3 Å². The van der Waals surface area contributed by atoms with Crippen LogP contribution in [0.4, 0.5) is 0 Å². The van der Waals surface area contributed by atoms with Crippen LogP contribution < -0.4 is 0 Å². The van der Waals surface area contributed by atoms with Gasteiger partial charge < -0.3 is 18.3 Å². The molecule has 1 aliphatic rings. The standard InChI is InChI=1S/C64H40N2.C60H38N2/c1-2-11-48(12-3-1)65-60-19-8-6-15-53(60)58-39-46(31-37-62(58)65)47-32-38-63-59(40-47)54-16-7-9-20-61(54)66(63)49-33-29-44(30-34-49)42-23-21-41(22-24-42)43-25-27-45(28-26-43)50-35-36-57-52-14-5-4-13-51(52)56-18-10-17-55(50)64(56)57;1-2-13-46(14-3-1)61-56-20-10-8-17-50(56)54-36-43(30-34-58(54)61)44-31-35-59-55(37-44)51-18-9-11-21-57(51)62(59)47-32-28-40(29-33-47)39-22-24-42(25-23-39)53-38-45-27-26-41-12-4-5-15-48(41)60(45)52-19-7-6-16-49(52)53/h1-40H;1-38H. The normalized spacial score (nSPS) is 11.9. The van der Waals surface area contributed by atoms with E-state index in [0.29, 0.717) is 0 Å². The Morgan fingerprint density at radius 2 is 0.383 bits per heavy atom. The van der Waals surface area contributed by atoms with Crippen molar-refractivity contribution >= 4 is 130 Å². The van der Waals surface area contributed by atoms with E-state index >= 15 is 0 Å². The van der Waals surface area contributed by atoms with Crippen LogP contribution in [0, 0.1) is 0 Å². The summed E-state index contributed by atoms with van der Waals surface area (Å²) in [5.41, 5.74) is 36.7. The molecule has 0 saturated carbocycles. The molecule has 4 aromatic heterocycles. The van der Waals surface area contributed by atoms with Gasteiger partial charge in [-0.25, -0.2) is 0 Å². The number of aromatic nitrogens is 4. The van der Waals surface area contributed by atoms with Crippen LogP contribution in [0.25, 0.3) is 253 Å². The van der Waals surface area contributed by atoms with Crippen LogP contribution in [-0.4, -0.2) is 18.3 Å². The number of fused-ring (bicyclic) bond motifs is 20. The van der Waals surface area contributed by atoms with E-state index in [9.17, 15) is 0 Å². The Kier molecular flexibility index (Phi) is 16.7. The maximum Gasteiger partial charge on any atom is 0.0541 e. The number of hydrogen-bond acceptors (Lipinski definition) is 0. The number of rotatable bonds is 11. The van der Waals surface area contributed by atoms with Crippen LogP contribution in [-0.2, 0) is 0 Å². The van der Waals surface area contributed by atoms with Gasteiger partial charge >= 0.3 is 0 Å². The van der Waals surface area contributed by atoms with Crippen LogP contribution in [0.3, 0.4) is 0 Å². The van der Waals surface area contributed by atoms with E-state index in [1.54, 1.807) is 0 Å². The molecule has 594 valence electrons. The SMILES string of the molecule is c1ccc(-n2c3ccccc3c3cc(-c4ccc5c(c4)c4ccccc4n5-c4ccc(-c5ccc(-c6cc7ccc8ccccc8c7c7ccccc67)cc5)cc4)ccc32)cc1.c1ccc(-n2c3ccccc3c3cc(-c4ccc5c(c4)c4ccccc4n5-c4ccc(-c5ccc(-c6ccc(-c7ccc8c9c(cccc79)-c7ccccc7-8)cc6)cc5)cc4)ccc32)cc1. The lowest BCUT2D eigenvalue weighted by atomic mass is 9.90. The van der Waals surface area contributed by atoms with E-state index in [-0.39, 0.29) is 0 Å². The van der Waals surface area contributed by atoms with E-state index in [4.69, 9.17) is 0 Å². The lowest BCUT2D eigenvalue weighted by Crippen LogP contribution is -1.94. The molecule has 27 rings (SSSR count). The van der Waals surface area contributed by atoms with E-state index in [2.05, 4.69) is 491 Å². The predicted molar refractivity (Wildman–Crippen MR) is 543 cm³/mol. The van der Waals surface area contributed by atoms with Crippen molar-refractivity contribution in [3.63, 3.8) is 0 Å². The van der Waals surface area contributed by atoms with Crippen molar-refractivity contribution in [2.45, 2.75) is 0 Å². The van der Waals surface area contributed by atoms with Crippen LogP contribution >= 0.6 is 0 Å². The molecule has 0 fully saturated rings. The molecule has 0 bridgehead atoms. The third-order valence-corrected chi connectivity index (χ3v) is 27.2. The second-order valence-electron chi connectivity index (χ2n) is 34.1. The van der Waals surface area contributed by atoms with Crippen molar-refractivity contribution < 1.29 is 0 Å². The summed E-state index contributed by atoms with van der Waals surface area (Å²) in [5, 5.41) is 20.4. The summed E-state index contributed by atoms with van der Waals surface area (Å²) >= 11 is 0. The van der Waals surface area contributed by atoms with E-state index < -0.39 is 0 Å². The lowest BCUT2D eigenvalue weighted by molar-refractivity contribution is 1.18. The first-order valence-electron chi connectivity index (χ1n) is 44.2. The summed E-state index contributed by atoms with van der Waals surface area (Å²) in [5.74, 6) is 0.